The van der Waals surface area contributed by atoms with Gasteiger partial charge in [0.25, 0.3) is 0 Å². The Bertz CT molecular complexity index is 717. The standard InChI is InChI=1S/C18H17NO4/c1-3-16(20)23-13-7-5-12(6-8-13)19-17(21)14-9-4-11(2)10-15(14)18(19)22/h3-8,14-15H,1,9-10H2,2H3/t14-,15-/m0/s1. The van der Waals surface area contributed by atoms with E-state index in [9.17, 15) is 14.4 Å². The van der Waals surface area contributed by atoms with E-state index in [0.717, 1.165) is 11.6 Å². The minimum atomic E-state index is -0.557. The Kier molecular flexibility index (Phi) is 3.86. The van der Waals surface area contributed by atoms with E-state index in [1.54, 1.807) is 24.3 Å². The van der Waals surface area contributed by atoms with E-state index in [4.69, 9.17) is 4.74 Å². The second-order valence-electron chi connectivity index (χ2n) is 5.83. The number of benzene rings is 1. The molecule has 1 fully saturated rings. The zero-order chi connectivity index (χ0) is 16.6. The number of nitrogens with zero attached hydrogens (tertiary/aromatic N) is 1. The van der Waals surface area contributed by atoms with E-state index in [-0.39, 0.29) is 23.7 Å². The zero-order valence-corrected chi connectivity index (χ0v) is 12.8. The van der Waals surface area contributed by atoms with Gasteiger partial charge in [0, 0.05) is 6.08 Å². The molecule has 1 aromatic rings. The van der Waals surface area contributed by atoms with Crippen LogP contribution in [0.4, 0.5) is 5.69 Å². The molecule has 5 heteroatoms. The van der Waals surface area contributed by atoms with Crippen LogP contribution in [-0.2, 0) is 14.4 Å². The summed E-state index contributed by atoms with van der Waals surface area (Å²) >= 11 is 0. The number of amides is 2. The average Bonchev–Trinajstić information content (AvgIpc) is 2.79. The number of esters is 1. The predicted molar refractivity (Wildman–Crippen MR) is 84.7 cm³/mol. The maximum absolute atomic E-state index is 12.6. The van der Waals surface area contributed by atoms with Gasteiger partial charge >= 0.3 is 5.97 Å². The van der Waals surface area contributed by atoms with Crippen molar-refractivity contribution >= 4 is 23.5 Å². The van der Waals surface area contributed by atoms with Gasteiger partial charge in [-0.25, -0.2) is 4.79 Å². The summed E-state index contributed by atoms with van der Waals surface area (Å²) in [6.07, 6.45) is 4.36. The number of fused-ring (bicyclic) bond motifs is 1. The van der Waals surface area contributed by atoms with Gasteiger partial charge in [-0.3, -0.25) is 14.5 Å². The van der Waals surface area contributed by atoms with Crippen molar-refractivity contribution in [2.75, 3.05) is 4.90 Å². The molecule has 0 aromatic heterocycles. The largest absolute Gasteiger partial charge is 0.423 e. The van der Waals surface area contributed by atoms with Crippen molar-refractivity contribution in [3.63, 3.8) is 0 Å². The third-order valence-corrected chi connectivity index (χ3v) is 4.30. The molecular weight excluding hydrogens is 294 g/mol. The monoisotopic (exact) mass is 311 g/mol. The topological polar surface area (TPSA) is 63.7 Å². The molecule has 0 bridgehead atoms. The summed E-state index contributed by atoms with van der Waals surface area (Å²) in [7, 11) is 0. The smallest absolute Gasteiger partial charge is 0.335 e. The molecule has 0 N–H and O–H groups in total. The lowest BCUT2D eigenvalue weighted by Gasteiger charge is -2.18. The second kappa shape index (κ2) is 5.83. The first-order chi connectivity index (χ1) is 11.0. The number of rotatable bonds is 3. The number of hydrogen-bond donors (Lipinski definition) is 0. The van der Waals surface area contributed by atoms with Crippen LogP contribution in [0.1, 0.15) is 19.8 Å². The van der Waals surface area contributed by atoms with E-state index in [1.807, 2.05) is 13.0 Å². The Balaban J connectivity index is 1.82. The molecule has 0 unspecified atom stereocenters. The molecule has 2 aliphatic rings. The Morgan fingerprint density at radius 3 is 2.52 bits per heavy atom. The van der Waals surface area contributed by atoms with Crippen molar-refractivity contribution in [2.24, 2.45) is 11.8 Å². The maximum Gasteiger partial charge on any atom is 0.335 e. The highest BCUT2D eigenvalue weighted by atomic mass is 16.5. The molecule has 3 rings (SSSR count). The van der Waals surface area contributed by atoms with Crippen molar-refractivity contribution < 1.29 is 19.1 Å². The average molecular weight is 311 g/mol. The van der Waals surface area contributed by atoms with Crippen LogP contribution >= 0.6 is 0 Å². The molecule has 23 heavy (non-hydrogen) atoms. The molecule has 1 aromatic carbocycles. The van der Waals surface area contributed by atoms with Gasteiger partial charge in [-0.2, -0.15) is 0 Å². The number of anilines is 1. The highest BCUT2D eigenvalue weighted by molar-refractivity contribution is 6.22. The van der Waals surface area contributed by atoms with Gasteiger partial charge in [0.2, 0.25) is 11.8 Å². The predicted octanol–water partition coefficient (Wildman–Crippen LogP) is 2.62. The summed E-state index contributed by atoms with van der Waals surface area (Å²) in [6.45, 7) is 5.31. The molecule has 118 valence electrons. The molecule has 0 saturated carbocycles. The Labute approximate surface area is 134 Å². The Hall–Kier alpha value is -2.69. The molecule has 5 nitrogen and oxygen atoms in total. The summed E-state index contributed by atoms with van der Waals surface area (Å²) in [6, 6.07) is 6.34. The van der Waals surface area contributed by atoms with Gasteiger partial charge in [0.1, 0.15) is 5.75 Å². The molecule has 1 aliphatic heterocycles. The van der Waals surface area contributed by atoms with Crippen molar-refractivity contribution in [2.45, 2.75) is 19.8 Å². The number of carbonyl (C=O) groups is 3. The van der Waals surface area contributed by atoms with Crippen LogP contribution < -0.4 is 9.64 Å². The molecule has 1 heterocycles. The first kappa shape index (κ1) is 15.2. The number of allylic oxidation sites excluding steroid dienone is 2. The Morgan fingerprint density at radius 1 is 1.22 bits per heavy atom. The van der Waals surface area contributed by atoms with Crippen molar-refractivity contribution in [3.8, 4) is 5.75 Å². The first-order valence-electron chi connectivity index (χ1n) is 7.49. The maximum atomic E-state index is 12.6. The quantitative estimate of drug-likeness (QED) is 0.283. The van der Waals surface area contributed by atoms with E-state index in [2.05, 4.69) is 6.58 Å². The van der Waals surface area contributed by atoms with Gasteiger partial charge in [-0.1, -0.05) is 18.2 Å². The number of imide groups is 1. The minimum absolute atomic E-state index is 0.150. The summed E-state index contributed by atoms with van der Waals surface area (Å²) in [5.41, 5.74) is 1.66. The summed E-state index contributed by atoms with van der Waals surface area (Å²) in [4.78, 5) is 37.5. The summed E-state index contributed by atoms with van der Waals surface area (Å²) in [5.74, 6) is -1.04. The molecule has 1 saturated heterocycles. The molecule has 0 spiro atoms. The molecule has 2 amide bonds. The Morgan fingerprint density at radius 2 is 1.87 bits per heavy atom. The van der Waals surface area contributed by atoms with E-state index >= 15 is 0 Å². The highest BCUT2D eigenvalue weighted by Gasteiger charge is 2.48. The van der Waals surface area contributed by atoms with Gasteiger partial charge < -0.3 is 4.74 Å². The molecular formula is C18H17NO4. The molecule has 1 aliphatic carbocycles. The fourth-order valence-corrected chi connectivity index (χ4v) is 3.11. The fraction of sp³-hybridized carbons (Fsp3) is 0.278. The fourth-order valence-electron chi connectivity index (χ4n) is 3.11. The lowest BCUT2D eigenvalue weighted by molar-refractivity contribution is -0.129. The van der Waals surface area contributed by atoms with Crippen molar-refractivity contribution in [1.29, 1.82) is 0 Å². The lowest BCUT2D eigenvalue weighted by Crippen LogP contribution is -2.30. The zero-order valence-electron chi connectivity index (χ0n) is 12.8. The normalized spacial score (nSPS) is 23.3. The van der Waals surface area contributed by atoms with Gasteiger partial charge in [0.15, 0.2) is 0 Å². The first-order valence-corrected chi connectivity index (χ1v) is 7.49. The van der Waals surface area contributed by atoms with E-state index in [1.165, 1.54) is 4.90 Å². The minimum Gasteiger partial charge on any atom is -0.423 e. The van der Waals surface area contributed by atoms with Crippen LogP contribution in [0.5, 0.6) is 5.75 Å². The van der Waals surface area contributed by atoms with Gasteiger partial charge in [-0.05, 0) is 44.0 Å². The molecule has 2 atom stereocenters. The van der Waals surface area contributed by atoms with E-state index in [0.29, 0.717) is 24.3 Å². The van der Waals surface area contributed by atoms with Crippen LogP contribution in [0.2, 0.25) is 0 Å². The lowest BCUT2D eigenvalue weighted by atomic mass is 9.82. The van der Waals surface area contributed by atoms with Crippen molar-refractivity contribution in [3.05, 3.63) is 48.6 Å². The SMILES string of the molecule is C=CC(=O)Oc1ccc(N2C(=O)[C@H]3CC=C(C)C[C@@H]3C2=O)cc1. The number of carbonyl (C=O) groups excluding carboxylic acids is 3. The van der Waals surface area contributed by atoms with Crippen LogP contribution in [0, 0.1) is 11.8 Å². The van der Waals surface area contributed by atoms with Crippen LogP contribution in [-0.4, -0.2) is 17.8 Å². The van der Waals surface area contributed by atoms with Gasteiger partial charge in [0.05, 0.1) is 17.5 Å². The summed E-state index contributed by atoms with van der Waals surface area (Å²) < 4.78 is 4.99. The summed E-state index contributed by atoms with van der Waals surface area (Å²) in [5, 5.41) is 0. The number of ether oxygens (including phenoxy) is 1. The molecule has 0 radical (unpaired) electrons. The van der Waals surface area contributed by atoms with Crippen LogP contribution in [0.15, 0.2) is 48.6 Å². The third-order valence-electron chi connectivity index (χ3n) is 4.30. The third kappa shape index (κ3) is 2.70. The van der Waals surface area contributed by atoms with E-state index < -0.39 is 5.97 Å². The van der Waals surface area contributed by atoms with Crippen molar-refractivity contribution in [1.82, 2.24) is 0 Å². The van der Waals surface area contributed by atoms with Crippen LogP contribution in [0.3, 0.4) is 0 Å². The second-order valence-corrected chi connectivity index (χ2v) is 5.83. The van der Waals surface area contributed by atoms with Crippen LogP contribution in [0.25, 0.3) is 0 Å². The number of hydrogen-bond acceptors (Lipinski definition) is 4. The highest BCUT2D eigenvalue weighted by Crippen LogP contribution is 2.39. The van der Waals surface area contributed by atoms with Gasteiger partial charge in [-0.15, -0.1) is 0 Å².